The summed E-state index contributed by atoms with van der Waals surface area (Å²) in [6, 6.07) is 4.33. The van der Waals surface area contributed by atoms with Crippen LogP contribution >= 0.6 is 15.9 Å². The van der Waals surface area contributed by atoms with Gasteiger partial charge in [0.15, 0.2) is 0 Å². The summed E-state index contributed by atoms with van der Waals surface area (Å²) in [5.41, 5.74) is 0.0856. The van der Waals surface area contributed by atoms with Crippen molar-refractivity contribution in [3.63, 3.8) is 0 Å². The van der Waals surface area contributed by atoms with Crippen molar-refractivity contribution >= 4 is 27.5 Å². The van der Waals surface area contributed by atoms with Crippen molar-refractivity contribution in [2.75, 3.05) is 19.7 Å². The molecule has 1 rings (SSSR count). The maximum Gasteiger partial charge on any atom is 0.284 e. The summed E-state index contributed by atoms with van der Waals surface area (Å²) in [6.45, 7) is 2.48. The number of nitro groups is 1. The van der Waals surface area contributed by atoms with Gasteiger partial charge in [0.25, 0.3) is 11.6 Å². The van der Waals surface area contributed by atoms with E-state index in [1.54, 1.807) is 0 Å². The largest absolute Gasteiger partial charge is 0.395 e. The predicted octanol–water partition coefficient (Wildman–Crippen LogP) is 2.20. The first-order valence-corrected chi connectivity index (χ1v) is 6.65. The van der Waals surface area contributed by atoms with E-state index in [1.165, 1.54) is 23.1 Å². The minimum absolute atomic E-state index is 0.141. The SMILES string of the molecule is CCCN(CCO)C(=O)c1cccc([N+](=O)[O-])c1Br. The van der Waals surface area contributed by atoms with Crippen LogP contribution in [-0.2, 0) is 0 Å². The molecule has 1 N–H and O–H groups in total. The van der Waals surface area contributed by atoms with Gasteiger partial charge in [-0.15, -0.1) is 0 Å². The lowest BCUT2D eigenvalue weighted by Gasteiger charge is -2.21. The minimum atomic E-state index is -0.545. The number of benzene rings is 1. The summed E-state index contributed by atoms with van der Waals surface area (Å²) in [5.74, 6) is -0.327. The molecule has 0 spiro atoms. The first-order valence-electron chi connectivity index (χ1n) is 5.86. The number of rotatable bonds is 6. The highest BCUT2D eigenvalue weighted by Gasteiger charge is 2.22. The smallest absolute Gasteiger partial charge is 0.284 e. The molecule has 0 bridgehead atoms. The number of nitro benzene ring substituents is 1. The summed E-state index contributed by atoms with van der Waals surface area (Å²) >= 11 is 3.10. The fourth-order valence-electron chi connectivity index (χ4n) is 1.70. The summed E-state index contributed by atoms with van der Waals surface area (Å²) in [5, 5.41) is 19.8. The van der Waals surface area contributed by atoms with Crippen LogP contribution in [0.5, 0.6) is 0 Å². The molecule has 1 aromatic carbocycles. The predicted molar refractivity (Wildman–Crippen MR) is 74.1 cm³/mol. The molecule has 1 aromatic rings. The molecule has 0 unspecified atom stereocenters. The molecule has 0 atom stereocenters. The van der Waals surface area contributed by atoms with E-state index < -0.39 is 4.92 Å². The van der Waals surface area contributed by atoms with E-state index in [4.69, 9.17) is 5.11 Å². The summed E-state index contributed by atoms with van der Waals surface area (Å²) < 4.78 is 0.170. The van der Waals surface area contributed by atoms with E-state index in [2.05, 4.69) is 15.9 Å². The second-order valence-electron chi connectivity index (χ2n) is 3.91. The van der Waals surface area contributed by atoms with Crippen molar-refractivity contribution in [3.8, 4) is 0 Å². The fraction of sp³-hybridized carbons (Fsp3) is 0.417. The van der Waals surface area contributed by atoms with E-state index >= 15 is 0 Å². The number of hydrogen-bond acceptors (Lipinski definition) is 4. The third-order valence-electron chi connectivity index (χ3n) is 2.56. The van der Waals surface area contributed by atoms with Crippen LogP contribution in [-0.4, -0.2) is 40.5 Å². The number of carbonyl (C=O) groups excluding carboxylic acids is 1. The number of amides is 1. The Kier molecular flexibility index (Phi) is 5.91. The summed E-state index contributed by atoms with van der Waals surface area (Å²) in [4.78, 5) is 24.0. The Hall–Kier alpha value is -1.47. The van der Waals surface area contributed by atoms with E-state index in [0.717, 1.165) is 6.42 Å². The number of aliphatic hydroxyl groups is 1. The van der Waals surface area contributed by atoms with E-state index in [9.17, 15) is 14.9 Å². The van der Waals surface area contributed by atoms with Gasteiger partial charge >= 0.3 is 0 Å². The van der Waals surface area contributed by atoms with Gasteiger partial charge in [0.2, 0.25) is 0 Å². The topological polar surface area (TPSA) is 83.7 Å². The maximum absolute atomic E-state index is 12.3. The zero-order valence-corrected chi connectivity index (χ0v) is 12.1. The van der Waals surface area contributed by atoms with E-state index in [1.807, 2.05) is 6.92 Å². The number of carbonyl (C=O) groups is 1. The van der Waals surface area contributed by atoms with Crippen molar-refractivity contribution in [1.29, 1.82) is 0 Å². The molecular formula is C12H15BrN2O4. The zero-order chi connectivity index (χ0) is 14.4. The van der Waals surface area contributed by atoms with Crippen molar-refractivity contribution in [3.05, 3.63) is 38.3 Å². The monoisotopic (exact) mass is 330 g/mol. The average molecular weight is 331 g/mol. The summed E-state index contributed by atoms with van der Waals surface area (Å²) in [7, 11) is 0. The van der Waals surface area contributed by atoms with Gasteiger partial charge in [0.1, 0.15) is 4.47 Å². The van der Waals surface area contributed by atoms with Gasteiger partial charge in [0.05, 0.1) is 17.1 Å². The number of hydrogen-bond donors (Lipinski definition) is 1. The normalized spacial score (nSPS) is 10.3. The molecule has 0 aliphatic carbocycles. The quantitative estimate of drug-likeness (QED) is 0.640. The third kappa shape index (κ3) is 3.74. The van der Waals surface area contributed by atoms with Crippen molar-refractivity contribution in [2.45, 2.75) is 13.3 Å². The standard InChI is InChI=1S/C12H15BrN2O4/c1-2-6-14(7-8-16)12(17)9-4-3-5-10(11(9)13)15(18)19/h3-5,16H,2,6-8H2,1H3. The summed E-state index contributed by atoms with van der Waals surface area (Å²) in [6.07, 6.45) is 0.748. The number of halogens is 1. The molecule has 1 amide bonds. The van der Waals surface area contributed by atoms with Crippen molar-refractivity contribution in [1.82, 2.24) is 4.90 Å². The Morgan fingerprint density at radius 3 is 2.68 bits per heavy atom. The molecule has 0 aliphatic rings. The molecule has 0 aliphatic heterocycles. The minimum Gasteiger partial charge on any atom is -0.395 e. The van der Waals surface area contributed by atoms with Crippen LogP contribution in [0, 0.1) is 10.1 Å². The Morgan fingerprint density at radius 2 is 2.16 bits per heavy atom. The lowest BCUT2D eigenvalue weighted by atomic mass is 10.1. The second-order valence-corrected chi connectivity index (χ2v) is 4.70. The molecule has 0 aromatic heterocycles. The molecular weight excluding hydrogens is 316 g/mol. The van der Waals surface area contributed by atoms with Crippen LogP contribution in [0.3, 0.4) is 0 Å². The molecule has 6 nitrogen and oxygen atoms in total. The molecule has 104 valence electrons. The Morgan fingerprint density at radius 1 is 1.47 bits per heavy atom. The van der Waals surface area contributed by atoms with Gasteiger partial charge in [-0.2, -0.15) is 0 Å². The van der Waals surface area contributed by atoms with Crippen LogP contribution in [0.4, 0.5) is 5.69 Å². The van der Waals surface area contributed by atoms with Crippen LogP contribution in [0.25, 0.3) is 0 Å². The van der Waals surface area contributed by atoms with Gasteiger partial charge < -0.3 is 10.0 Å². The van der Waals surface area contributed by atoms with Gasteiger partial charge in [-0.05, 0) is 28.4 Å². The van der Waals surface area contributed by atoms with Gasteiger partial charge in [-0.25, -0.2) is 0 Å². The molecule has 0 heterocycles. The molecule has 7 heteroatoms. The maximum atomic E-state index is 12.3. The molecule has 0 saturated carbocycles. The van der Waals surface area contributed by atoms with E-state index in [-0.39, 0.29) is 34.8 Å². The third-order valence-corrected chi connectivity index (χ3v) is 3.39. The fourth-order valence-corrected chi connectivity index (χ4v) is 2.28. The highest BCUT2D eigenvalue weighted by molar-refractivity contribution is 9.10. The second kappa shape index (κ2) is 7.20. The van der Waals surface area contributed by atoms with Gasteiger partial charge in [-0.3, -0.25) is 14.9 Å². The Labute approximate surface area is 119 Å². The van der Waals surface area contributed by atoms with Crippen molar-refractivity contribution < 1.29 is 14.8 Å². The number of nitrogens with zero attached hydrogens (tertiary/aromatic N) is 2. The van der Waals surface area contributed by atoms with E-state index in [0.29, 0.717) is 6.54 Å². The van der Waals surface area contributed by atoms with Crippen LogP contribution in [0.2, 0.25) is 0 Å². The first kappa shape index (κ1) is 15.6. The molecule has 0 fully saturated rings. The van der Waals surface area contributed by atoms with Gasteiger partial charge in [0, 0.05) is 19.2 Å². The van der Waals surface area contributed by atoms with Crippen LogP contribution in [0.15, 0.2) is 22.7 Å². The average Bonchev–Trinajstić information content (AvgIpc) is 2.37. The highest BCUT2D eigenvalue weighted by atomic mass is 79.9. The van der Waals surface area contributed by atoms with Crippen LogP contribution in [0.1, 0.15) is 23.7 Å². The molecule has 0 radical (unpaired) electrons. The Bertz CT molecular complexity index is 473. The highest BCUT2D eigenvalue weighted by Crippen LogP contribution is 2.29. The lowest BCUT2D eigenvalue weighted by molar-refractivity contribution is -0.385. The van der Waals surface area contributed by atoms with Gasteiger partial charge in [-0.1, -0.05) is 13.0 Å². The lowest BCUT2D eigenvalue weighted by Crippen LogP contribution is -2.34. The first-order chi connectivity index (χ1) is 9.02. The van der Waals surface area contributed by atoms with Crippen LogP contribution < -0.4 is 0 Å². The molecule has 0 saturated heterocycles. The number of aliphatic hydroxyl groups excluding tert-OH is 1. The molecule has 19 heavy (non-hydrogen) atoms. The Balaban J connectivity index is 3.10. The zero-order valence-electron chi connectivity index (χ0n) is 10.5. The van der Waals surface area contributed by atoms with Crippen molar-refractivity contribution in [2.24, 2.45) is 0 Å².